The second-order valence-electron chi connectivity index (χ2n) is 5.40. The van der Waals surface area contributed by atoms with Crippen LogP contribution in [0.3, 0.4) is 0 Å². The van der Waals surface area contributed by atoms with Crippen molar-refractivity contribution >= 4 is 11.5 Å². The number of nitrogen functional groups attached to an aromatic ring is 1. The predicted molar refractivity (Wildman–Crippen MR) is 77.6 cm³/mol. The van der Waals surface area contributed by atoms with Gasteiger partial charge >= 0.3 is 0 Å². The number of nitrogens with zero attached hydrogens (tertiary/aromatic N) is 2. The first-order valence-electron chi connectivity index (χ1n) is 7.16. The molecule has 0 unspecified atom stereocenters. The standard InChI is InChI=1S/C15H22N4/c1-2-3-11-4-6-12(7-5-11)18-15-9-8-13(17)14(10-16)19-15/h8-9,11-12H,2-7,17H2,1H3,(H,18,19). The Labute approximate surface area is 115 Å². The van der Waals surface area contributed by atoms with E-state index in [0.717, 1.165) is 11.7 Å². The van der Waals surface area contributed by atoms with E-state index in [2.05, 4.69) is 17.2 Å². The molecular weight excluding hydrogens is 236 g/mol. The van der Waals surface area contributed by atoms with Crippen molar-refractivity contribution in [3.05, 3.63) is 17.8 Å². The first-order chi connectivity index (χ1) is 9.22. The van der Waals surface area contributed by atoms with Gasteiger partial charge in [-0.05, 0) is 43.7 Å². The largest absolute Gasteiger partial charge is 0.396 e. The summed E-state index contributed by atoms with van der Waals surface area (Å²) in [6.07, 6.45) is 7.62. The Hall–Kier alpha value is -1.76. The van der Waals surface area contributed by atoms with Crippen LogP contribution in [0.1, 0.15) is 51.1 Å². The van der Waals surface area contributed by atoms with Gasteiger partial charge in [-0.1, -0.05) is 19.8 Å². The van der Waals surface area contributed by atoms with Gasteiger partial charge < -0.3 is 11.1 Å². The van der Waals surface area contributed by atoms with Crippen LogP contribution in [0, 0.1) is 17.2 Å². The summed E-state index contributed by atoms with van der Waals surface area (Å²) >= 11 is 0. The number of nitrogens with two attached hydrogens (primary N) is 1. The molecule has 1 fully saturated rings. The van der Waals surface area contributed by atoms with Crippen LogP contribution in [0.5, 0.6) is 0 Å². The Bertz CT molecular complexity index is 456. The fourth-order valence-electron chi connectivity index (χ4n) is 2.85. The number of nitriles is 1. The van der Waals surface area contributed by atoms with E-state index in [9.17, 15) is 0 Å². The first-order valence-corrected chi connectivity index (χ1v) is 7.16. The molecule has 4 nitrogen and oxygen atoms in total. The highest BCUT2D eigenvalue weighted by atomic mass is 15.0. The van der Waals surface area contributed by atoms with Gasteiger partial charge in [-0.2, -0.15) is 5.26 Å². The molecule has 0 bridgehead atoms. The summed E-state index contributed by atoms with van der Waals surface area (Å²) in [4.78, 5) is 4.24. The van der Waals surface area contributed by atoms with Crippen LogP contribution in [0.25, 0.3) is 0 Å². The number of aromatic nitrogens is 1. The molecule has 1 heterocycles. The summed E-state index contributed by atoms with van der Waals surface area (Å²) in [5.74, 6) is 1.67. The van der Waals surface area contributed by atoms with Gasteiger partial charge in [0, 0.05) is 6.04 Å². The van der Waals surface area contributed by atoms with Gasteiger partial charge in [0.15, 0.2) is 5.69 Å². The lowest BCUT2D eigenvalue weighted by molar-refractivity contribution is 0.318. The zero-order valence-electron chi connectivity index (χ0n) is 11.5. The van der Waals surface area contributed by atoms with Gasteiger partial charge in [-0.15, -0.1) is 0 Å². The molecule has 1 aromatic heterocycles. The van der Waals surface area contributed by atoms with Crippen LogP contribution in [0.2, 0.25) is 0 Å². The van der Waals surface area contributed by atoms with Crippen LogP contribution in [0.15, 0.2) is 12.1 Å². The monoisotopic (exact) mass is 258 g/mol. The second-order valence-corrected chi connectivity index (χ2v) is 5.40. The van der Waals surface area contributed by atoms with Crippen molar-refractivity contribution < 1.29 is 0 Å². The van der Waals surface area contributed by atoms with Crippen LogP contribution in [-0.4, -0.2) is 11.0 Å². The molecule has 0 radical (unpaired) electrons. The van der Waals surface area contributed by atoms with Crippen LogP contribution >= 0.6 is 0 Å². The highest BCUT2D eigenvalue weighted by molar-refractivity contribution is 5.54. The van der Waals surface area contributed by atoms with E-state index in [1.54, 1.807) is 6.07 Å². The van der Waals surface area contributed by atoms with E-state index in [1.165, 1.54) is 38.5 Å². The Kier molecular flexibility index (Phi) is 4.62. The Morgan fingerprint density at radius 3 is 2.74 bits per heavy atom. The summed E-state index contributed by atoms with van der Waals surface area (Å²) in [7, 11) is 0. The fourth-order valence-corrected chi connectivity index (χ4v) is 2.85. The van der Waals surface area contributed by atoms with Crippen LogP contribution in [-0.2, 0) is 0 Å². The molecule has 0 amide bonds. The molecular formula is C15H22N4. The van der Waals surface area contributed by atoms with E-state index in [1.807, 2.05) is 12.1 Å². The van der Waals surface area contributed by atoms with Crippen molar-refractivity contribution in [2.45, 2.75) is 51.5 Å². The van der Waals surface area contributed by atoms with Gasteiger partial charge in [-0.3, -0.25) is 0 Å². The van der Waals surface area contributed by atoms with Crippen molar-refractivity contribution in [3.63, 3.8) is 0 Å². The number of nitrogens with one attached hydrogen (secondary N) is 1. The fraction of sp³-hybridized carbons (Fsp3) is 0.600. The molecule has 19 heavy (non-hydrogen) atoms. The average Bonchev–Trinajstić information content (AvgIpc) is 2.43. The summed E-state index contributed by atoms with van der Waals surface area (Å²) < 4.78 is 0. The average molecular weight is 258 g/mol. The lowest BCUT2D eigenvalue weighted by Crippen LogP contribution is -2.26. The van der Waals surface area contributed by atoms with Crippen molar-refractivity contribution in [2.75, 3.05) is 11.1 Å². The summed E-state index contributed by atoms with van der Waals surface area (Å²) in [5.41, 5.74) is 6.43. The van der Waals surface area contributed by atoms with Gasteiger partial charge in [-0.25, -0.2) is 4.98 Å². The SMILES string of the molecule is CCCC1CCC(Nc2ccc(N)c(C#N)n2)CC1. The Morgan fingerprint density at radius 1 is 1.37 bits per heavy atom. The Morgan fingerprint density at radius 2 is 2.11 bits per heavy atom. The molecule has 4 heteroatoms. The molecule has 0 atom stereocenters. The Balaban J connectivity index is 1.91. The normalized spacial score (nSPS) is 22.7. The summed E-state index contributed by atoms with van der Waals surface area (Å²) in [5, 5.41) is 12.3. The van der Waals surface area contributed by atoms with Crippen molar-refractivity contribution in [1.29, 1.82) is 5.26 Å². The van der Waals surface area contributed by atoms with E-state index in [4.69, 9.17) is 11.0 Å². The molecule has 2 rings (SSSR count). The molecule has 1 aliphatic carbocycles. The predicted octanol–water partition coefficient (Wildman–Crippen LogP) is 3.31. The summed E-state index contributed by atoms with van der Waals surface area (Å²) in [6, 6.07) is 6.10. The summed E-state index contributed by atoms with van der Waals surface area (Å²) in [6.45, 7) is 2.26. The van der Waals surface area contributed by atoms with Gasteiger partial charge in [0.05, 0.1) is 5.69 Å². The number of pyridine rings is 1. The molecule has 1 saturated carbocycles. The minimum atomic E-state index is 0.310. The number of hydrogen-bond acceptors (Lipinski definition) is 4. The van der Waals surface area contributed by atoms with Crippen molar-refractivity contribution in [2.24, 2.45) is 5.92 Å². The van der Waals surface area contributed by atoms with E-state index in [0.29, 0.717) is 17.4 Å². The molecule has 1 aliphatic rings. The molecule has 102 valence electrons. The van der Waals surface area contributed by atoms with Gasteiger partial charge in [0.1, 0.15) is 11.9 Å². The smallest absolute Gasteiger partial charge is 0.165 e. The third-order valence-corrected chi connectivity index (χ3v) is 3.93. The zero-order chi connectivity index (χ0) is 13.7. The molecule has 3 N–H and O–H groups in total. The number of rotatable bonds is 4. The number of anilines is 2. The van der Waals surface area contributed by atoms with E-state index < -0.39 is 0 Å². The minimum absolute atomic E-state index is 0.310. The second kappa shape index (κ2) is 6.42. The maximum absolute atomic E-state index is 8.92. The molecule has 0 saturated heterocycles. The first kappa shape index (κ1) is 13.7. The lowest BCUT2D eigenvalue weighted by Gasteiger charge is -2.29. The topological polar surface area (TPSA) is 74.7 Å². The highest BCUT2D eigenvalue weighted by Crippen LogP contribution is 2.29. The van der Waals surface area contributed by atoms with Gasteiger partial charge in [0.25, 0.3) is 0 Å². The third kappa shape index (κ3) is 3.60. The van der Waals surface area contributed by atoms with Crippen molar-refractivity contribution in [1.82, 2.24) is 4.98 Å². The molecule has 1 aromatic rings. The van der Waals surface area contributed by atoms with E-state index in [-0.39, 0.29) is 0 Å². The van der Waals surface area contributed by atoms with E-state index >= 15 is 0 Å². The number of hydrogen-bond donors (Lipinski definition) is 2. The molecule has 0 aromatic carbocycles. The van der Waals surface area contributed by atoms with Gasteiger partial charge in [0.2, 0.25) is 0 Å². The maximum atomic E-state index is 8.92. The molecule has 0 aliphatic heterocycles. The van der Waals surface area contributed by atoms with Crippen LogP contribution in [0.4, 0.5) is 11.5 Å². The quantitative estimate of drug-likeness (QED) is 0.868. The zero-order valence-corrected chi connectivity index (χ0v) is 11.5. The lowest BCUT2D eigenvalue weighted by atomic mass is 9.83. The molecule has 0 spiro atoms. The third-order valence-electron chi connectivity index (χ3n) is 3.93. The minimum Gasteiger partial charge on any atom is -0.396 e. The maximum Gasteiger partial charge on any atom is 0.165 e. The van der Waals surface area contributed by atoms with Crippen LogP contribution < -0.4 is 11.1 Å². The highest BCUT2D eigenvalue weighted by Gasteiger charge is 2.20. The van der Waals surface area contributed by atoms with Crippen molar-refractivity contribution in [3.8, 4) is 6.07 Å².